The topological polar surface area (TPSA) is 89.9 Å². The number of nitrogens with one attached hydrogen (secondary N) is 2. The molecular weight excluding hydrogens is 458 g/mol. The molecule has 0 saturated carbocycles. The molecule has 29 heavy (non-hydrogen) atoms. The largest absolute Gasteiger partial charge is 2.00 e. The van der Waals surface area contributed by atoms with Gasteiger partial charge in [-0.1, -0.05) is 0 Å². The zero-order valence-corrected chi connectivity index (χ0v) is 20.4. The molecule has 1 rings (SSSR count). The number of aliphatic imine (C=N–C) groups is 2. The summed E-state index contributed by atoms with van der Waals surface area (Å²) in [6, 6.07) is 4.61. The van der Waals surface area contributed by atoms with Crippen molar-refractivity contribution < 1.29 is 21.5 Å². The van der Waals surface area contributed by atoms with Crippen LogP contribution in [0.3, 0.4) is 0 Å². The molecule has 0 aliphatic rings. The fraction of sp³-hybridized carbons (Fsp3) is 0.556. The smallest absolute Gasteiger partial charge is 0.741 e. The maximum atomic E-state index is 6.05. The Bertz CT molecular complexity index is 749. The van der Waals surface area contributed by atoms with Gasteiger partial charge in [0.15, 0.2) is 5.76 Å². The van der Waals surface area contributed by atoms with Crippen LogP contribution < -0.4 is 10.9 Å². The van der Waals surface area contributed by atoms with Gasteiger partial charge in [0.05, 0.1) is 12.3 Å². The van der Waals surface area contributed by atoms with E-state index in [9.17, 15) is 0 Å². The van der Waals surface area contributed by atoms with Crippen LogP contribution in [-0.4, -0.2) is 52.8 Å². The van der Waals surface area contributed by atoms with E-state index < -0.39 is 0 Å². The monoisotopic (exact) mass is 486 g/mol. The van der Waals surface area contributed by atoms with Crippen molar-refractivity contribution in [3.8, 4) is 0 Å². The molecule has 0 amide bonds. The zero-order chi connectivity index (χ0) is 21.3. The van der Waals surface area contributed by atoms with Crippen LogP contribution in [-0.2, 0) is 48.9 Å². The Kier molecular flexibility index (Phi) is 12.9. The van der Waals surface area contributed by atoms with Crippen molar-refractivity contribution >= 4 is 47.0 Å². The minimum Gasteiger partial charge on any atom is -0.741 e. The summed E-state index contributed by atoms with van der Waals surface area (Å²) >= 11 is 10.0. The van der Waals surface area contributed by atoms with E-state index in [1.807, 2.05) is 12.1 Å². The van der Waals surface area contributed by atoms with E-state index in [4.69, 9.17) is 29.7 Å². The van der Waals surface area contributed by atoms with Gasteiger partial charge in [0, 0.05) is 26.2 Å². The van der Waals surface area contributed by atoms with Gasteiger partial charge < -0.3 is 29.7 Å². The molecule has 11 heteroatoms. The third-order valence-corrected chi connectivity index (χ3v) is 4.44. The van der Waals surface area contributed by atoms with Crippen LogP contribution in [0.25, 0.3) is 0 Å². The fourth-order valence-electron chi connectivity index (χ4n) is 2.43. The van der Waals surface area contributed by atoms with Crippen LogP contribution in [0.1, 0.15) is 46.1 Å². The zero-order valence-electron chi connectivity index (χ0n) is 17.8. The number of nitrogens with zero attached hydrogens (tertiary/aromatic N) is 5. The van der Waals surface area contributed by atoms with E-state index in [0.29, 0.717) is 35.8 Å². The van der Waals surface area contributed by atoms with E-state index in [-0.39, 0.29) is 27.4 Å². The van der Waals surface area contributed by atoms with Crippen LogP contribution >= 0.6 is 0 Å². The maximum Gasteiger partial charge on any atom is 2.00 e. The van der Waals surface area contributed by atoms with Crippen molar-refractivity contribution in [3.05, 3.63) is 23.7 Å². The molecule has 0 unspecified atom stereocenters. The molecular formula is C18H29CuN7OS2. The number of hydrogen-bond donors (Lipinski definition) is 2. The van der Waals surface area contributed by atoms with E-state index in [1.165, 1.54) is 0 Å². The van der Waals surface area contributed by atoms with Gasteiger partial charge in [0.2, 0.25) is 0 Å². The summed E-state index contributed by atoms with van der Waals surface area (Å²) in [6.07, 6.45) is 0. The van der Waals surface area contributed by atoms with E-state index in [2.05, 4.69) is 63.6 Å². The number of amidine groups is 2. The molecule has 1 radical (unpaired) electrons. The first-order valence-corrected chi connectivity index (χ1v) is 9.78. The SMILES string of the molecule is CN=C([S-])N/N=C(/C(C)=N/NC([S-])=NC)c1ccc(CN(C(C)C)C(C)C)o1.[Cu+2]. The Morgan fingerprint density at radius 3 is 2.00 bits per heavy atom. The molecule has 8 nitrogen and oxygen atoms in total. The Morgan fingerprint density at radius 2 is 1.52 bits per heavy atom. The van der Waals surface area contributed by atoms with Gasteiger partial charge in [0.1, 0.15) is 11.5 Å². The third kappa shape index (κ3) is 9.22. The van der Waals surface area contributed by atoms with Crippen molar-refractivity contribution in [2.24, 2.45) is 20.2 Å². The Labute approximate surface area is 195 Å². The molecule has 2 N–H and O–H groups in total. The van der Waals surface area contributed by atoms with Crippen LogP contribution in [0.4, 0.5) is 0 Å². The molecule has 165 valence electrons. The fourth-order valence-corrected chi connectivity index (χ4v) is 2.53. The molecule has 0 aliphatic carbocycles. The maximum absolute atomic E-state index is 6.05. The first-order chi connectivity index (χ1) is 13.2. The third-order valence-electron chi connectivity index (χ3n) is 3.89. The van der Waals surface area contributed by atoms with Gasteiger partial charge in [-0.25, -0.2) is 0 Å². The normalized spacial score (nSPS) is 13.9. The van der Waals surface area contributed by atoms with Crippen molar-refractivity contribution in [1.29, 1.82) is 0 Å². The number of rotatable bonds is 8. The molecule has 0 fully saturated rings. The molecule has 0 atom stereocenters. The van der Waals surface area contributed by atoms with Gasteiger partial charge in [-0.05, 0) is 57.1 Å². The molecule has 1 heterocycles. The first-order valence-electron chi connectivity index (χ1n) is 8.96. The van der Waals surface area contributed by atoms with Crippen LogP contribution in [0.2, 0.25) is 0 Å². The van der Waals surface area contributed by atoms with Gasteiger partial charge in [0.25, 0.3) is 0 Å². The average molecular weight is 487 g/mol. The van der Waals surface area contributed by atoms with Crippen LogP contribution in [0.15, 0.2) is 36.7 Å². The van der Waals surface area contributed by atoms with Crippen molar-refractivity contribution in [1.82, 2.24) is 15.8 Å². The molecule has 0 aromatic carbocycles. The Morgan fingerprint density at radius 1 is 1.00 bits per heavy atom. The number of hydrogen-bond acceptors (Lipinski definition) is 8. The minimum atomic E-state index is 0. The summed E-state index contributed by atoms with van der Waals surface area (Å²) in [5.41, 5.74) is 6.46. The number of hydrazone groups is 2. The Balaban J connectivity index is 0.00000784. The quantitative estimate of drug-likeness (QED) is 0.192. The summed E-state index contributed by atoms with van der Waals surface area (Å²) in [5.74, 6) is 1.41. The van der Waals surface area contributed by atoms with Crippen LogP contribution in [0.5, 0.6) is 0 Å². The van der Waals surface area contributed by atoms with E-state index >= 15 is 0 Å². The molecule has 0 saturated heterocycles. The minimum absolute atomic E-state index is 0. The molecule has 0 bridgehead atoms. The van der Waals surface area contributed by atoms with Gasteiger partial charge in [-0.2, -0.15) is 10.2 Å². The summed E-state index contributed by atoms with van der Waals surface area (Å²) in [6.45, 7) is 11.2. The second-order valence-corrected chi connectivity index (χ2v) is 7.34. The predicted molar refractivity (Wildman–Crippen MR) is 122 cm³/mol. The second kappa shape index (κ2) is 13.7. The van der Waals surface area contributed by atoms with Crippen molar-refractivity contribution in [2.45, 2.75) is 53.2 Å². The predicted octanol–water partition coefficient (Wildman–Crippen LogP) is 2.22. The Hall–Kier alpha value is -1.52. The van der Waals surface area contributed by atoms with Gasteiger partial charge >= 0.3 is 17.1 Å². The summed E-state index contributed by atoms with van der Waals surface area (Å²) < 4.78 is 6.05. The molecule has 0 spiro atoms. The molecule has 1 aromatic rings. The summed E-state index contributed by atoms with van der Waals surface area (Å²) in [5, 5.41) is 9.06. The van der Waals surface area contributed by atoms with E-state index in [1.54, 1.807) is 21.0 Å². The van der Waals surface area contributed by atoms with E-state index in [0.717, 1.165) is 5.76 Å². The summed E-state index contributed by atoms with van der Waals surface area (Å²) in [7, 11) is 3.18. The average Bonchev–Trinajstić information content (AvgIpc) is 3.11. The second-order valence-electron chi connectivity index (χ2n) is 6.56. The van der Waals surface area contributed by atoms with Gasteiger partial charge in [-0.15, -0.1) is 0 Å². The van der Waals surface area contributed by atoms with Crippen molar-refractivity contribution in [3.63, 3.8) is 0 Å². The first kappa shape index (κ1) is 27.5. The standard InChI is InChI=1S/C18H31N7OS2.Cu/c1-11(2)25(12(3)4)10-14-8-9-15(26-14)16(22-24-18(28)20-7)13(5)21-23-17(27)19-6;/h8-9,11-12H,10H2,1-7H3,(H2,19,23,27)(H2,20,24,28);/q;+2/p-2/b21-13+,22-16-;. The number of furan rings is 1. The van der Waals surface area contributed by atoms with Crippen molar-refractivity contribution in [2.75, 3.05) is 14.1 Å². The molecule has 0 aliphatic heterocycles. The van der Waals surface area contributed by atoms with Gasteiger partial charge in [-0.3, -0.25) is 25.7 Å². The summed E-state index contributed by atoms with van der Waals surface area (Å²) in [4.78, 5) is 10.1. The molecule has 1 aromatic heterocycles. The van der Waals surface area contributed by atoms with Crippen LogP contribution in [0, 0.1) is 0 Å².